The average molecular weight is 110 g/mol. The van der Waals surface area contributed by atoms with Crippen molar-refractivity contribution >= 4 is 0 Å². The Bertz CT molecular complexity index is 117. The molecule has 1 aliphatic carbocycles. The van der Waals surface area contributed by atoms with E-state index < -0.39 is 0 Å². The maximum atomic E-state index is 5.22. The van der Waals surface area contributed by atoms with E-state index >= 15 is 0 Å². The standard InChI is InChI=1S/C7H10O/c1-3-7(4-5-7)6-8-2/h1H,4-6H2,2H3. The third-order valence-corrected chi connectivity index (χ3v) is 1.58. The highest BCUT2D eigenvalue weighted by molar-refractivity contribution is 5.14. The van der Waals surface area contributed by atoms with Crippen molar-refractivity contribution in [3.05, 3.63) is 0 Å². The van der Waals surface area contributed by atoms with E-state index in [-0.39, 0.29) is 5.41 Å². The van der Waals surface area contributed by atoms with Gasteiger partial charge in [0.25, 0.3) is 0 Å². The molecule has 0 aromatic heterocycles. The molecule has 1 fully saturated rings. The van der Waals surface area contributed by atoms with Crippen LogP contribution in [0.25, 0.3) is 0 Å². The Morgan fingerprint density at radius 2 is 2.38 bits per heavy atom. The van der Waals surface area contributed by atoms with Crippen LogP contribution in [0.4, 0.5) is 0 Å². The van der Waals surface area contributed by atoms with E-state index in [1.807, 2.05) is 0 Å². The summed E-state index contributed by atoms with van der Waals surface area (Å²) in [4.78, 5) is 0. The highest BCUT2D eigenvalue weighted by Crippen LogP contribution is 2.44. The van der Waals surface area contributed by atoms with Crippen LogP contribution in [0.15, 0.2) is 0 Å². The molecule has 1 heteroatoms. The van der Waals surface area contributed by atoms with Crippen molar-refractivity contribution in [2.75, 3.05) is 13.7 Å². The van der Waals surface area contributed by atoms with E-state index in [0.717, 1.165) is 19.4 Å². The molecule has 0 aromatic carbocycles. The van der Waals surface area contributed by atoms with Crippen molar-refractivity contribution in [2.45, 2.75) is 12.8 Å². The fourth-order valence-electron chi connectivity index (χ4n) is 0.758. The second-order valence-electron chi connectivity index (χ2n) is 2.36. The van der Waals surface area contributed by atoms with Gasteiger partial charge in [-0.3, -0.25) is 0 Å². The minimum Gasteiger partial charge on any atom is -0.383 e. The van der Waals surface area contributed by atoms with Crippen LogP contribution in [0, 0.1) is 17.8 Å². The van der Waals surface area contributed by atoms with Gasteiger partial charge in [-0.1, -0.05) is 5.92 Å². The van der Waals surface area contributed by atoms with Crippen LogP contribution in [0.3, 0.4) is 0 Å². The average Bonchev–Trinajstić information content (AvgIpc) is 2.50. The summed E-state index contributed by atoms with van der Waals surface area (Å²) < 4.78 is 4.92. The maximum absolute atomic E-state index is 5.22. The number of rotatable bonds is 2. The molecule has 0 saturated heterocycles. The zero-order valence-electron chi connectivity index (χ0n) is 5.11. The highest BCUT2D eigenvalue weighted by Gasteiger charge is 2.40. The van der Waals surface area contributed by atoms with E-state index in [1.54, 1.807) is 7.11 Å². The molecule has 0 N–H and O–H groups in total. The first kappa shape index (κ1) is 5.65. The molecule has 0 bridgehead atoms. The molecule has 0 spiro atoms. The third kappa shape index (κ3) is 0.850. The van der Waals surface area contributed by atoms with Crippen molar-refractivity contribution in [1.29, 1.82) is 0 Å². The molecule has 0 unspecified atom stereocenters. The molecule has 0 amide bonds. The van der Waals surface area contributed by atoms with Crippen LogP contribution in [-0.2, 0) is 4.74 Å². The lowest BCUT2D eigenvalue weighted by Crippen LogP contribution is -2.04. The van der Waals surface area contributed by atoms with Gasteiger partial charge in [0.1, 0.15) is 0 Å². The summed E-state index contributed by atoms with van der Waals surface area (Å²) in [6, 6.07) is 0. The molecule has 8 heavy (non-hydrogen) atoms. The van der Waals surface area contributed by atoms with Gasteiger partial charge in [-0.05, 0) is 12.8 Å². The number of methoxy groups -OCH3 is 1. The summed E-state index contributed by atoms with van der Waals surface area (Å²) in [5.41, 5.74) is 0.148. The van der Waals surface area contributed by atoms with Crippen LogP contribution in [0.2, 0.25) is 0 Å². The maximum Gasteiger partial charge on any atom is 0.0628 e. The van der Waals surface area contributed by atoms with Crippen LogP contribution >= 0.6 is 0 Å². The van der Waals surface area contributed by atoms with Crippen molar-refractivity contribution in [2.24, 2.45) is 5.41 Å². The monoisotopic (exact) mass is 110 g/mol. The van der Waals surface area contributed by atoms with E-state index in [0.29, 0.717) is 0 Å². The zero-order chi connectivity index (χ0) is 6.04. The molecular formula is C7H10O. The summed E-state index contributed by atoms with van der Waals surface area (Å²) in [5.74, 6) is 2.73. The quantitative estimate of drug-likeness (QED) is 0.483. The predicted octanol–water partition coefficient (Wildman–Crippen LogP) is 1.05. The van der Waals surface area contributed by atoms with Crippen LogP contribution < -0.4 is 0 Å². The molecule has 1 rings (SSSR count). The van der Waals surface area contributed by atoms with Crippen molar-refractivity contribution < 1.29 is 4.74 Å². The first-order valence-electron chi connectivity index (χ1n) is 2.80. The van der Waals surface area contributed by atoms with Gasteiger partial charge in [0, 0.05) is 7.11 Å². The Morgan fingerprint density at radius 1 is 1.75 bits per heavy atom. The van der Waals surface area contributed by atoms with E-state index in [4.69, 9.17) is 11.2 Å². The van der Waals surface area contributed by atoms with Crippen LogP contribution in [-0.4, -0.2) is 13.7 Å². The second kappa shape index (κ2) is 1.80. The predicted molar refractivity (Wildman–Crippen MR) is 32.4 cm³/mol. The minimum atomic E-state index is 0.148. The Balaban J connectivity index is 2.33. The number of terminal acetylenes is 1. The summed E-state index contributed by atoms with van der Waals surface area (Å²) in [5, 5.41) is 0. The second-order valence-corrected chi connectivity index (χ2v) is 2.36. The van der Waals surface area contributed by atoms with Crippen molar-refractivity contribution in [1.82, 2.24) is 0 Å². The normalized spacial score (nSPS) is 22.0. The summed E-state index contributed by atoms with van der Waals surface area (Å²) in [6.07, 6.45) is 7.53. The molecule has 1 saturated carbocycles. The van der Waals surface area contributed by atoms with Gasteiger partial charge in [0.05, 0.1) is 12.0 Å². The largest absolute Gasteiger partial charge is 0.383 e. The Morgan fingerprint density at radius 3 is 2.50 bits per heavy atom. The highest BCUT2D eigenvalue weighted by atomic mass is 16.5. The molecule has 0 heterocycles. The third-order valence-electron chi connectivity index (χ3n) is 1.58. The Hall–Kier alpha value is -0.480. The fourth-order valence-corrected chi connectivity index (χ4v) is 0.758. The topological polar surface area (TPSA) is 9.23 Å². The van der Waals surface area contributed by atoms with Gasteiger partial charge >= 0.3 is 0 Å². The van der Waals surface area contributed by atoms with Crippen LogP contribution in [0.1, 0.15) is 12.8 Å². The Labute approximate surface area is 50.0 Å². The van der Waals surface area contributed by atoms with Gasteiger partial charge in [-0.25, -0.2) is 0 Å². The van der Waals surface area contributed by atoms with E-state index in [9.17, 15) is 0 Å². The van der Waals surface area contributed by atoms with Gasteiger partial charge in [0.15, 0.2) is 0 Å². The van der Waals surface area contributed by atoms with Crippen LogP contribution in [0.5, 0.6) is 0 Å². The lowest BCUT2D eigenvalue weighted by atomic mass is 10.1. The first-order valence-corrected chi connectivity index (χ1v) is 2.80. The van der Waals surface area contributed by atoms with Gasteiger partial charge < -0.3 is 4.74 Å². The fraction of sp³-hybridized carbons (Fsp3) is 0.714. The lowest BCUT2D eigenvalue weighted by Gasteiger charge is -2.02. The molecule has 1 nitrogen and oxygen atoms in total. The Kier molecular flexibility index (Phi) is 1.27. The molecule has 0 aliphatic heterocycles. The number of hydrogen-bond donors (Lipinski definition) is 0. The summed E-state index contributed by atoms with van der Waals surface area (Å²) >= 11 is 0. The molecule has 0 atom stereocenters. The number of hydrogen-bond acceptors (Lipinski definition) is 1. The van der Waals surface area contributed by atoms with Crippen molar-refractivity contribution in [3.8, 4) is 12.3 Å². The molecule has 0 radical (unpaired) electrons. The summed E-state index contributed by atoms with van der Waals surface area (Å²) in [7, 11) is 1.69. The first-order chi connectivity index (χ1) is 3.83. The van der Waals surface area contributed by atoms with Gasteiger partial charge in [-0.2, -0.15) is 0 Å². The summed E-state index contributed by atoms with van der Waals surface area (Å²) in [6.45, 7) is 0.740. The van der Waals surface area contributed by atoms with E-state index in [2.05, 4.69) is 5.92 Å². The molecular weight excluding hydrogens is 100 g/mol. The molecule has 1 aliphatic rings. The zero-order valence-corrected chi connectivity index (χ0v) is 5.11. The lowest BCUT2D eigenvalue weighted by molar-refractivity contribution is 0.165. The number of ether oxygens (including phenoxy) is 1. The molecule has 0 aromatic rings. The molecule has 44 valence electrons. The van der Waals surface area contributed by atoms with Gasteiger partial charge in [-0.15, -0.1) is 6.42 Å². The van der Waals surface area contributed by atoms with Crippen molar-refractivity contribution in [3.63, 3.8) is 0 Å². The van der Waals surface area contributed by atoms with Gasteiger partial charge in [0.2, 0.25) is 0 Å². The van der Waals surface area contributed by atoms with E-state index in [1.165, 1.54) is 0 Å². The SMILES string of the molecule is C#CC1(COC)CC1. The minimum absolute atomic E-state index is 0.148. The smallest absolute Gasteiger partial charge is 0.0628 e.